The molecule has 0 aliphatic carbocycles. The highest BCUT2D eigenvalue weighted by Crippen LogP contribution is 2.34. The quantitative estimate of drug-likeness (QED) is 0.826. The number of likely N-dealkylation sites (tertiary alicyclic amines) is 1. The molecule has 2 N–H and O–H groups in total. The Morgan fingerprint density at radius 1 is 1.26 bits per heavy atom. The first-order chi connectivity index (χ1) is 8.88. The Kier molecular flexibility index (Phi) is 4.14. The van der Waals surface area contributed by atoms with Crippen LogP contribution in [0.2, 0.25) is 0 Å². The van der Waals surface area contributed by atoms with Gasteiger partial charge in [-0.05, 0) is 43.3 Å². The van der Waals surface area contributed by atoms with Crippen molar-refractivity contribution in [3.63, 3.8) is 0 Å². The molecule has 0 amide bonds. The number of nitrogen functional groups attached to an aromatic ring is 1. The van der Waals surface area contributed by atoms with Crippen molar-refractivity contribution in [2.45, 2.75) is 40.2 Å². The van der Waals surface area contributed by atoms with Crippen LogP contribution in [0.25, 0.3) is 0 Å². The molecule has 1 aromatic carbocycles. The molecule has 1 heterocycles. The predicted octanol–water partition coefficient (Wildman–Crippen LogP) is 3.67. The highest BCUT2D eigenvalue weighted by Gasteiger charge is 2.28. The fourth-order valence-electron chi connectivity index (χ4n) is 2.92. The minimum atomic E-state index is -0.250. The van der Waals surface area contributed by atoms with Crippen molar-refractivity contribution in [1.82, 2.24) is 4.90 Å². The van der Waals surface area contributed by atoms with E-state index in [1.54, 1.807) is 6.07 Å². The molecular formula is C16H25FN2. The Morgan fingerprint density at radius 2 is 1.89 bits per heavy atom. The largest absolute Gasteiger partial charge is 0.396 e. The highest BCUT2D eigenvalue weighted by molar-refractivity contribution is 5.42. The first-order valence-corrected chi connectivity index (χ1v) is 7.13. The van der Waals surface area contributed by atoms with Gasteiger partial charge < -0.3 is 5.73 Å². The third kappa shape index (κ3) is 3.47. The van der Waals surface area contributed by atoms with Crippen molar-refractivity contribution in [2.24, 2.45) is 11.3 Å². The van der Waals surface area contributed by atoms with Crippen LogP contribution in [0, 0.1) is 17.2 Å². The molecule has 0 aromatic heterocycles. The van der Waals surface area contributed by atoms with Crippen LogP contribution < -0.4 is 5.73 Å². The number of rotatable bonds is 2. The summed E-state index contributed by atoms with van der Waals surface area (Å²) in [5, 5.41) is 0. The summed E-state index contributed by atoms with van der Waals surface area (Å²) in [7, 11) is 0. The molecule has 2 rings (SSSR count). The minimum Gasteiger partial charge on any atom is -0.396 e. The van der Waals surface area contributed by atoms with E-state index in [1.807, 2.05) is 12.1 Å². The predicted molar refractivity (Wildman–Crippen MR) is 78.3 cm³/mol. The van der Waals surface area contributed by atoms with Crippen LogP contribution in [0.3, 0.4) is 0 Å². The molecule has 1 aliphatic heterocycles. The molecule has 106 valence electrons. The van der Waals surface area contributed by atoms with Gasteiger partial charge in [0.1, 0.15) is 0 Å². The van der Waals surface area contributed by atoms with Gasteiger partial charge in [-0.25, -0.2) is 4.39 Å². The van der Waals surface area contributed by atoms with Crippen molar-refractivity contribution in [3.05, 3.63) is 29.6 Å². The Labute approximate surface area is 115 Å². The maximum atomic E-state index is 13.9. The average molecular weight is 264 g/mol. The second kappa shape index (κ2) is 5.49. The molecule has 0 saturated carbocycles. The molecule has 1 fully saturated rings. The SMILES string of the molecule is CC(C)(C)C1CCN(Cc2cccc(N)c2F)CC1. The molecule has 0 unspecified atom stereocenters. The lowest BCUT2D eigenvalue weighted by Gasteiger charge is -2.38. The average Bonchev–Trinajstić information content (AvgIpc) is 2.35. The summed E-state index contributed by atoms with van der Waals surface area (Å²) in [6.45, 7) is 9.71. The molecule has 3 heteroatoms. The molecule has 0 bridgehead atoms. The third-order valence-electron chi connectivity index (χ3n) is 4.31. The lowest BCUT2D eigenvalue weighted by atomic mass is 9.75. The molecular weight excluding hydrogens is 239 g/mol. The lowest BCUT2D eigenvalue weighted by molar-refractivity contribution is 0.107. The van der Waals surface area contributed by atoms with E-state index in [2.05, 4.69) is 25.7 Å². The minimum absolute atomic E-state index is 0.250. The summed E-state index contributed by atoms with van der Waals surface area (Å²) in [5.41, 5.74) is 6.96. The van der Waals surface area contributed by atoms with Gasteiger partial charge in [0.2, 0.25) is 0 Å². The topological polar surface area (TPSA) is 29.3 Å². The van der Waals surface area contributed by atoms with Gasteiger partial charge in [0.05, 0.1) is 5.69 Å². The molecule has 0 radical (unpaired) electrons. The van der Waals surface area contributed by atoms with Crippen LogP contribution >= 0.6 is 0 Å². The van der Waals surface area contributed by atoms with Gasteiger partial charge in [0, 0.05) is 12.1 Å². The molecule has 19 heavy (non-hydrogen) atoms. The Balaban J connectivity index is 1.94. The number of halogens is 1. The second-order valence-corrected chi connectivity index (χ2v) is 6.74. The maximum Gasteiger partial charge on any atom is 0.150 e. The van der Waals surface area contributed by atoms with Crippen LogP contribution in [0.1, 0.15) is 39.2 Å². The van der Waals surface area contributed by atoms with E-state index >= 15 is 0 Å². The van der Waals surface area contributed by atoms with Gasteiger partial charge in [0.15, 0.2) is 5.82 Å². The summed E-state index contributed by atoms with van der Waals surface area (Å²) in [4.78, 5) is 2.33. The number of benzene rings is 1. The van der Waals surface area contributed by atoms with Crippen molar-refractivity contribution >= 4 is 5.69 Å². The summed E-state index contributed by atoms with van der Waals surface area (Å²) >= 11 is 0. The number of piperidine rings is 1. The van der Waals surface area contributed by atoms with E-state index in [1.165, 1.54) is 12.8 Å². The van der Waals surface area contributed by atoms with Gasteiger partial charge in [-0.3, -0.25) is 4.90 Å². The molecule has 1 saturated heterocycles. The normalized spacial score (nSPS) is 18.7. The summed E-state index contributed by atoms with van der Waals surface area (Å²) in [5.74, 6) is 0.523. The van der Waals surface area contributed by atoms with E-state index in [0.717, 1.165) is 19.0 Å². The van der Waals surface area contributed by atoms with Crippen LogP contribution in [-0.2, 0) is 6.54 Å². The Hall–Kier alpha value is -1.09. The monoisotopic (exact) mass is 264 g/mol. The first kappa shape index (κ1) is 14.3. The third-order valence-corrected chi connectivity index (χ3v) is 4.31. The zero-order chi connectivity index (χ0) is 14.0. The summed E-state index contributed by atoms with van der Waals surface area (Å²) in [6, 6.07) is 5.28. The Morgan fingerprint density at radius 3 is 2.47 bits per heavy atom. The molecule has 0 atom stereocenters. The fourth-order valence-corrected chi connectivity index (χ4v) is 2.92. The molecule has 1 aliphatic rings. The van der Waals surface area contributed by atoms with Gasteiger partial charge in [0.25, 0.3) is 0 Å². The van der Waals surface area contributed by atoms with Gasteiger partial charge >= 0.3 is 0 Å². The lowest BCUT2D eigenvalue weighted by Crippen LogP contribution is -2.37. The summed E-state index contributed by atoms with van der Waals surface area (Å²) in [6.07, 6.45) is 2.40. The highest BCUT2D eigenvalue weighted by atomic mass is 19.1. The van der Waals surface area contributed by atoms with Crippen molar-refractivity contribution < 1.29 is 4.39 Å². The van der Waals surface area contributed by atoms with Crippen LogP contribution in [0.5, 0.6) is 0 Å². The van der Waals surface area contributed by atoms with Crippen molar-refractivity contribution in [3.8, 4) is 0 Å². The van der Waals surface area contributed by atoms with Gasteiger partial charge in [-0.15, -0.1) is 0 Å². The van der Waals surface area contributed by atoms with E-state index in [4.69, 9.17) is 5.73 Å². The number of hydrogen-bond donors (Lipinski definition) is 1. The van der Waals surface area contributed by atoms with Crippen molar-refractivity contribution in [1.29, 1.82) is 0 Å². The number of nitrogens with zero attached hydrogens (tertiary/aromatic N) is 1. The van der Waals surface area contributed by atoms with Crippen molar-refractivity contribution in [2.75, 3.05) is 18.8 Å². The van der Waals surface area contributed by atoms with Gasteiger partial charge in [-0.2, -0.15) is 0 Å². The van der Waals surface area contributed by atoms with E-state index in [-0.39, 0.29) is 11.5 Å². The van der Waals surface area contributed by atoms with Crippen LogP contribution in [-0.4, -0.2) is 18.0 Å². The van der Waals surface area contributed by atoms with E-state index < -0.39 is 0 Å². The zero-order valence-electron chi connectivity index (χ0n) is 12.2. The number of hydrogen-bond acceptors (Lipinski definition) is 2. The maximum absolute atomic E-state index is 13.9. The van der Waals surface area contributed by atoms with E-state index in [9.17, 15) is 4.39 Å². The number of nitrogens with two attached hydrogens (primary N) is 1. The fraction of sp³-hybridized carbons (Fsp3) is 0.625. The van der Waals surface area contributed by atoms with Crippen LogP contribution in [0.4, 0.5) is 10.1 Å². The summed E-state index contributed by atoms with van der Waals surface area (Å²) < 4.78 is 13.9. The standard InChI is InChI=1S/C16H25FN2/c1-16(2,3)13-7-9-19(10-8-13)11-12-5-4-6-14(18)15(12)17/h4-6,13H,7-11,18H2,1-3H3. The van der Waals surface area contributed by atoms with E-state index in [0.29, 0.717) is 17.5 Å². The Bertz CT molecular complexity index is 429. The molecule has 0 spiro atoms. The first-order valence-electron chi connectivity index (χ1n) is 7.13. The van der Waals surface area contributed by atoms with Gasteiger partial charge in [-0.1, -0.05) is 32.9 Å². The number of anilines is 1. The zero-order valence-corrected chi connectivity index (χ0v) is 12.2. The van der Waals surface area contributed by atoms with Crippen LogP contribution in [0.15, 0.2) is 18.2 Å². The second-order valence-electron chi connectivity index (χ2n) is 6.74. The molecule has 1 aromatic rings. The molecule has 2 nitrogen and oxygen atoms in total. The smallest absolute Gasteiger partial charge is 0.150 e.